The van der Waals surface area contributed by atoms with E-state index in [1.807, 2.05) is 0 Å². The van der Waals surface area contributed by atoms with Crippen molar-refractivity contribution in [3.05, 3.63) is 24.8 Å². The molecule has 0 unspecified atom stereocenters. The summed E-state index contributed by atoms with van der Waals surface area (Å²) in [5.41, 5.74) is 0. The van der Waals surface area contributed by atoms with Crippen LogP contribution in [0.3, 0.4) is 0 Å². The van der Waals surface area contributed by atoms with E-state index in [9.17, 15) is 0 Å². The fraction of sp³-hybridized carbons (Fsp3) is 0. The van der Waals surface area contributed by atoms with Gasteiger partial charge in [-0.2, -0.15) is 0 Å². The van der Waals surface area contributed by atoms with Crippen LogP contribution in [0.25, 0.3) is 0 Å². The van der Waals surface area contributed by atoms with Crippen LogP contribution < -0.4 is 0 Å². The highest BCUT2D eigenvalue weighted by Crippen LogP contribution is 1.66. The third-order valence-corrected chi connectivity index (χ3v) is 0.478. The zero-order valence-electron chi connectivity index (χ0n) is 3.61. The Labute approximate surface area is 59.0 Å². The number of nitrogens with zero attached hydrogens (tertiary/aromatic N) is 2. The Morgan fingerprint density at radius 1 is 1.00 bits per heavy atom. The minimum atomic E-state index is 0. The monoisotopic (exact) mass is 208 g/mol. The molecule has 38 valence electrons. The lowest BCUT2D eigenvalue weighted by Crippen LogP contribution is -1.66. The van der Waals surface area contributed by atoms with Crippen LogP contribution in [0.15, 0.2) is 24.8 Å². The van der Waals surface area contributed by atoms with Crippen LogP contribution in [0.2, 0.25) is 0 Å². The Hall–Kier alpha value is -0.190. The molecule has 0 saturated carbocycles. The molecule has 7 heavy (non-hydrogen) atoms. The van der Waals surface area contributed by atoms with Crippen molar-refractivity contribution in [3.8, 4) is 0 Å². The van der Waals surface area contributed by atoms with Gasteiger partial charge in [0.05, 0.1) is 0 Å². The second kappa shape index (κ2) is 3.98. The normalized spacial score (nSPS) is 6.86. The molecule has 1 rings (SSSR count). The fourth-order valence-electron chi connectivity index (χ4n) is 0.253. The third-order valence-electron chi connectivity index (χ3n) is 0.478. The standard InChI is InChI=1S/C4H4N2.HI/c1-2-5-4-6-3-1;/h1-4H;1H. The van der Waals surface area contributed by atoms with Gasteiger partial charge in [0.25, 0.3) is 0 Å². The van der Waals surface area contributed by atoms with Gasteiger partial charge in [-0.3, -0.25) is 0 Å². The summed E-state index contributed by atoms with van der Waals surface area (Å²) in [4.78, 5) is 7.35. The SMILES string of the molecule is I.c1cncnc1. The molecule has 1 aromatic heterocycles. The molecule has 0 radical (unpaired) electrons. The second-order valence-corrected chi connectivity index (χ2v) is 0.904. The van der Waals surface area contributed by atoms with Crippen molar-refractivity contribution in [3.63, 3.8) is 0 Å². The molecule has 1 aromatic rings. The van der Waals surface area contributed by atoms with Crippen molar-refractivity contribution >= 4 is 24.0 Å². The molecule has 0 N–H and O–H groups in total. The third kappa shape index (κ3) is 2.50. The van der Waals surface area contributed by atoms with Gasteiger partial charge in [-0.1, -0.05) is 0 Å². The van der Waals surface area contributed by atoms with Gasteiger partial charge >= 0.3 is 0 Å². The predicted molar refractivity (Wildman–Crippen MR) is 37.4 cm³/mol. The van der Waals surface area contributed by atoms with Crippen molar-refractivity contribution in [1.82, 2.24) is 9.97 Å². The molecule has 0 aliphatic heterocycles. The molecule has 2 nitrogen and oxygen atoms in total. The molecule has 0 aromatic carbocycles. The number of hydrogen-bond acceptors (Lipinski definition) is 2. The van der Waals surface area contributed by atoms with Crippen LogP contribution in [0, 0.1) is 0 Å². The first-order chi connectivity index (χ1) is 3.00. The summed E-state index contributed by atoms with van der Waals surface area (Å²) in [7, 11) is 0. The number of aromatic nitrogens is 2. The van der Waals surface area contributed by atoms with Gasteiger partial charge in [-0.15, -0.1) is 24.0 Å². The molecule has 0 bridgehead atoms. The minimum Gasteiger partial charge on any atom is -0.245 e. The maximum absolute atomic E-state index is 3.67. The lowest BCUT2D eigenvalue weighted by Gasteiger charge is -1.70. The molecule has 3 heteroatoms. The first-order valence-electron chi connectivity index (χ1n) is 1.70. The average molecular weight is 208 g/mol. The van der Waals surface area contributed by atoms with Crippen molar-refractivity contribution in [2.24, 2.45) is 0 Å². The lowest BCUT2D eigenvalue weighted by molar-refractivity contribution is 1.17. The van der Waals surface area contributed by atoms with E-state index >= 15 is 0 Å². The first kappa shape index (κ1) is 6.81. The van der Waals surface area contributed by atoms with Crippen molar-refractivity contribution in [1.29, 1.82) is 0 Å². The minimum absolute atomic E-state index is 0. The Morgan fingerprint density at radius 3 is 1.71 bits per heavy atom. The van der Waals surface area contributed by atoms with Gasteiger partial charge in [0.1, 0.15) is 6.33 Å². The molecule has 0 aliphatic rings. The largest absolute Gasteiger partial charge is 0.245 e. The van der Waals surface area contributed by atoms with Gasteiger partial charge in [0, 0.05) is 12.4 Å². The summed E-state index contributed by atoms with van der Waals surface area (Å²) >= 11 is 0. The van der Waals surface area contributed by atoms with E-state index in [1.54, 1.807) is 18.5 Å². The molecule has 0 amide bonds. The number of halogens is 1. The molecule has 0 aliphatic carbocycles. The number of hydrogen-bond donors (Lipinski definition) is 0. The molecular formula is C4H5IN2. The molecule has 0 spiro atoms. The van der Waals surface area contributed by atoms with Gasteiger partial charge < -0.3 is 0 Å². The molecule has 0 saturated heterocycles. The molecule has 1 heterocycles. The Balaban J connectivity index is 0.000000360. The first-order valence-corrected chi connectivity index (χ1v) is 1.70. The summed E-state index contributed by atoms with van der Waals surface area (Å²) in [6.45, 7) is 0. The molecule has 0 atom stereocenters. The zero-order chi connectivity index (χ0) is 4.24. The van der Waals surface area contributed by atoms with Gasteiger partial charge in [0.2, 0.25) is 0 Å². The van der Waals surface area contributed by atoms with E-state index in [-0.39, 0.29) is 24.0 Å². The fourth-order valence-corrected chi connectivity index (χ4v) is 0.253. The summed E-state index contributed by atoms with van der Waals surface area (Å²) in [5, 5.41) is 0. The van der Waals surface area contributed by atoms with E-state index in [0.717, 1.165) is 0 Å². The Bertz CT molecular complexity index is 81.6. The highest BCUT2D eigenvalue weighted by molar-refractivity contribution is 14.0. The van der Waals surface area contributed by atoms with E-state index < -0.39 is 0 Å². The van der Waals surface area contributed by atoms with Gasteiger partial charge in [0.15, 0.2) is 0 Å². The van der Waals surface area contributed by atoms with Gasteiger partial charge in [-0.05, 0) is 6.07 Å². The lowest BCUT2D eigenvalue weighted by atomic mass is 10.7. The van der Waals surface area contributed by atoms with Crippen LogP contribution in [0.4, 0.5) is 0 Å². The van der Waals surface area contributed by atoms with Crippen molar-refractivity contribution < 1.29 is 0 Å². The summed E-state index contributed by atoms with van der Waals surface area (Å²) in [5.74, 6) is 0. The predicted octanol–water partition coefficient (Wildman–Crippen LogP) is 1.09. The second-order valence-electron chi connectivity index (χ2n) is 0.904. The van der Waals surface area contributed by atoms with E-state index in [0.29, 0.717) is 0 Å². The Morgan fingerprint density at radius 2 is 1.57 bits per heavy atom. The summed E-state index contributed by atoms with van der Waals surface area (Å²) in [6, 6.07) is 1.78. The van der Waals surface area contributed by atoms with Crippen LogP contribution in [0.5, 0.6) is 0 Å². The summed E-state index contributed by atoms with van der Waals surface area (Å²) < 4.78 is 0. The van der Waals surface area contributed by atoms with Crippen LogP contribution in [-0.4, -0.2) is 9.97 Å². The quantitative estimate of drug-likeness (QED) is 0.596. The average Bonchev–Trinajstić information content (AvgIpc) is 1.72. The van der Waals surface area contributed by atoms with Crippen molar-refractivity contribution in [2.45, 2.75) is 0 Å². The summed E-state index contributed by atoms with van der Waals surface area (Å²) in [6.07, 6.45) is 4.88. The maximum atomic E-state index is 3.67. The van der Waals surface area contributed by atoms with Crippen LogP contribution in [0.1, 0.15) is 0 Å². The highest BCUT2D eigenvalue weighted by atomic mass is 127. The van der Waals surface area contributed by atoms with E-state index in [4.69, 9.17) is 0 Å². The smallest absolute Gasteiger partial charge is 0.115 e. The highest BCUT2D eigenvalue weighted by Gasteiger charge is 1.59. The maximum Gasteiger partial charge on any atom is 0.115 e. The zero-order valence-corrected chi connectivity index (χ0v) is 5.94. The number of rotatable bonds is 0. The van der Waals surface area contributed by atoms with E-state index in [1.165, 1.54) is 6.33 Å². The van der Waals surface area contributed by atoms with Crippen molar-refractivity contribution in [2.75, 3.05) is 0 Å². The Kier molecular flexibility index (Phi) is 3.87. The van der Waals surface area contributed by atoms with Crippen LogP contribution in [-0.2, 0) is 0 Å². The van der Waals surface area contributed by atoms with E-state index in [2.05, 4.69) is 9.97 Å². The van der Waals surface area contributed by atoms with Crippen LogP contribution >= 0.6 is 24.0 Å². The van der Waals surface area contributed by atoms with Gasteiger partial charge in [-0.25, -0.2) is 9.97 Å². The topological polar surface area (TPSA) is 25.8 Å². The molecular weight excluding hydrogens is 203 g/mol. The molecule has 0 fully saturated rings.